The largest absolute Gasteiger partial charge is 0.493 e. The highest BCUT2D eigenvalue weighted by Gasteiger charge is 2.41. The number of benzene rings is 3. The predicted octanol–water partition coefficient (Wildman–Crippen LogP) is 8.96. The van der Waals surface area contributed by atoms with Crippen LogP contribution in [0.2, 0.25) is 5.02 Å². The van der Waals surface area contributed by atoms with Gasteiger partial charge >= 0.3 is 0 Å². The Morgan fingerprint density at radius 1 is 0.898 bits per heavy atom. The number of anilines is 1. The molecule has 59 heavy (non-hydrogen) atoms. The Bertz CT molecular complexity index is 2200. The molecule has 0 radical (unpaired) electrons. The van der Waals surface area contributed by atoms with E-state index in [-0.39, 0.29) is 64.5 Å². The Balaban J connectivity index is 0.826. The summed E-state index contributed by atoms with van der Waals surface area (Å²) in [7, 11) is 0. The zero-order chi connectivity index (χ0) is 41.6. The topological polar surface area (TPSA) is 108 Å². The quantitative estimate of drug-likeness (QED) is 0.0831. The molecular formula is C45H52ClF3N6O4. The molecule has 1 aromatic heterocycles. The molecule has 0 aliphatic carbocycles. The lowest BCUT2D eigenvalue weighted by Crippen LogP contribution is -2.52. The van der Waals surface area contributed by atoms with Crippen molar-refractivity contribution in [1.29, 1.82) is 0 Å². The Morgan fingerprint density at radius 3 is 2.36 bits per heavy atom. The van der Waals surface area contributed by atoms with E-state index < -0.39 is 29.4 Å². The molecule has 1 atom stereocenters. The number of carbonyl (C=O) groups excluding carboxylic acids is 3. The van der Waals surface area contributed by atoms with Gasteiger partial charge in [-0.1, -0.05) is 49.8 Å². The van der Waals surface area contributed by atoms with E-state index >= 15 is 8.78 Å². The molecule has 4 heterocycles. The lowest BCUT2D eigenvalue weighted by atomic mass is 9.85. The fourth-order valence-electron chi connectivity index (χ4n) is 8.98. The number of unbranched alkanes of at least 4 members (excludes halogenated alkanes) is 6. The number of aromatic nitrogens is 2. The van der Waals surface area contributed by atoms with Crippen LogP contribution in [0.1, 0.15) is 112 Å². The Morgan fingerprint density at radius 2 is 1.63 bits per heavy atom. The van der Waals surface area contributed by atoms with Gasteiger partial charge in [0.05, 0.1) is 17.2 Å². The Labute approximate surface area is 348 Å². The van der Waals surface area contributed by atoms with Crippen molar-refractivity contribution in [3.05, 3.63) is 81.9 Å². The molecule has 3 aromatic carbocycles. The van der Waals surface area contributed by atoms with Gasteiger partial charge in [-0.3, -0.25) is 19.7 Å². The molecule has 7 rings (SSSR count). The van der Waals surface area contributed by atoms with Gasteiger partial charge < -0.3 is 19.4 Å². The average molecular weight is 833 g/mol. The third kappa shape index (κ3) is 9.21. The summed E-state index contributed by atoms with van der Waals surface area (Å²) in [6.07, 6.45) is 10.7. The van der Waals surface area contributed by atoms with Crippen LogP contribution in [0.5, 0.6) is 5.75 Å². The Hall–Kier alpha value is -4.75. The third-order valence-corrected chi connectivity index (χ3v) is 12.4. The maximum atomic E-state index is 16.1. The van der Waals surface area contributed by atoms with E-state index in [1.807, 2.05) is 18.7 Å². The number of amides is 3. The van der Waals surface area contributed by atoms with Gasteiger partial charge in [0.1, 0.15) is 41.1 Å². The number of fused-ring (bicyclic) bond motifs is 2. The van der Waals surface area contributed by atoms with Gasteiger partial charge in [0.25, 0.3) is 5.91 Å². The highest BCUT2D eigenvalue weighted by Crippen LogP contribution is 2.43. The van der Waals surface area contributed by atoms with Crippen molar-refractivity contribution in [1.82, 2.24) is 25.1 Å². The van der Waals surface area contributed by atoms with E-state index in [4.69, 9.17) is 16.3 Å². The van der Waals surface area contributed by atoms with Crippen molar-refractivity contribution >= 4 is 46.0 Å². The molecule has 3 amide bonds. The van der Waals surface area contributed by atoms with E-state index in [2.05, 4.69) is 20.2 Å². The van der Waals surface area contributed by atoms with Crippen molar-refractivity contribution in [2.24, 2.45) is 0 Å². The summed E-state index contributed by atoms with van der Waals surface area (Å²) in [5, 5.41) is 2.86. The molecule has 0 saturated carbocycles. The maximum absolute atomic E-state index is 16.1. The van der Waals surface area contributed by atoms with Gasteiger partial charge in [-0.05, 0) is 113 Å². The smallest absolute Gasteiger partial charge is 0.255 e. The van der Waals surface area contributed by atoms with Crippen molar-refractivity contribution < 1.29 is 32.3 Å². The zero-order valence-electron chi connectivity index (χ0n) is 33.8. The van der Waals surface area contributed by atoms with E-state index in [0.29, 0.717) is 36.5 Å². The number of piperidine rings is 2. The second-order valence-corrected chi connectivity index (χ2v) is 16.2. The summed E-state index contributed by atoms with van der Waals surface area (Å²) in [5.41, 5.74) is 2.00. The lowest BCUT2D eigenvalue weighted by Gasteiger charge is -2.33. The minimum atomic E-state index is -0.723. The van der Waals surface area contributed by atoms with E-state index in [0.717, 1.165) is 88.5 Å². The van der Waals surface area contributed by atoms with Crippen LogP contribution in [0, 0.1) is 17.5 Å². The summed E-state index contributed by atoms with van der Waals surface area (Å²) in [4.78, 5) is 52.0. The second-order valence-electron chi connectivity index (χ2n) is 15.8. The monoisotopic (exact) mass is 832 g/mol. The highest BCUT2D eigenvalue weighted by atomic mass is 35.5. The first-order valence-electron chi connectivity index (χ1n) is 21.1. The molecule has 3 aliphatic rings. The van der Waals surface area contributed by atoms with Gasteiger partial charge in [-0.15, -0.1) is 0 Å². The van der Waals surface area contributed by atoms with Gasteiger partial charge in [0.15, 0.2) is 5.82 Å². The second kappa shape index (κ2) is 19.1. The summed E-state index contributed by atoms with van der Waals surface area (Å²) in [5.74, 6) is -1.98. The van der Waals surface area contributed by atoms with Crippen LogP contribution in [-0.2, 0) is 16.1 Å². The van der Waals surface area contributed by atoms with Crippen LogP contribution in [0.4, 0.5) is 19.0 Å². The van der Waals surface area contributed by atoms with Crippen LogP contribution < -0.4 is 15.0 Å². The molecule has 4 aromatic rings. The minimum absolute atomic E-state index is 0.0172. The van der Waals surface area contributed by atoms with Crippen LogP contribution in [0.15, 0.2) is 42.7 Å². The number of imide groups is 1. The summed E-state index contributed by atoms with van der Waals surface area (Å²) in [6.45, 7) is 8.74. The molecule has 14 heteroatoms. The molecule has 1 unspecified atom stereocenters. The number of hydrogen-bond acceptors (Lipinski definition) is 8. The lowest BCUT2D eigenvalue weighted by molar-refractivity contribution is -0.136. The number of nitrogens with one attached hydrogen (secondary N) is 1. The molecule has 314 valence electrons. The molecule has 10 nitrogen and oxygen atoms in total. The Kier molecular flexibility index (Phi) is 13.7. The normalized spacial score (nSPS) is 17.5. The molecule has 0 bridgehead atoms. The highest BCUT2D eigenvalue weighted by molar-refractivity contribution is 6.34. The molecule has 0 spiro atoms. The first-order chi connectivity index (χ1) is 28.6. The van der Waals surface area contributed by atoms with E-state index in [9.17, 15) is 18.8 Å². The van der Waals surface area contributed by atoms with Gasteiger partial charge in [-0.25, -0.2) is 23.1 Å². The van der Waals surface area contributed by atoms with Crippen molar-refractivity contribution in [3.8, 4) is 16.9 Å². The predicted molar refractivity (Wildman–Crippen MR) is 222 cm³/mol. The van der Waals surface area contributed by atoms with Crippen molar-refractivity contribution in [2.75, 3.05) is 44.2 Å². The number of ether oxygens (including phenoxy) is 1. The summed E-state index contributed by atoms with van der Waals surface area (Å²) >= 11 is 6.66. The van der Waals surface area contributed by atoms with Crippen LogP contribution in [0.3, 0.4) is 0 Å². The van der Waals surface area contributed by atoms with Crippen LogP contribution in [-0.4, -0.2) is 82.9 Å². The standard InChI is InChI=1S/C45H52ClF3N6O4/c1-3-54(4-2)43-32-25-34(46)39(41(49)42(32)50-27-51-43)40-35(48)13-12-14-37(40)59-22-11-9-7-5-6-8-10-19-53-20-17-28(18-21-53)30-23-29(47)24-31-33(30)26-55(45(31)58)36-15-16-38(56)52-44(36)57/h12-14,23-25,27-28,36H,3-11,15-22,26H2,1-2H3,(H,52,56,57). The maximum Gasteiger partial charge on any atom is 0.255 e. The molecule has 3 aliphatic heterocycles. The number of likely N-dealkylation sites (tertiary alicyclic amines) is 1. The fourth-order valence-corrected chi connectivity index (χ4v) is 9.26. The van der Waals surface area contributed by atoms with Gasteiger partial charge in [0.2, 0.25) is 11.8 Å². The van der Waals surface area contributed by atoms with Crippen molar-refractivity contribution in [3.63, 3.8) is 0 Å². The average Bonchev–Trinajstić information content (AvgIpc) is 3.55. The fraction of sp³-hybridized carbons (Fsp3) is 0.489. The molecule has 1 N–H and O–H groups in total. The first kappa shape index (κ1) is 42.4. The zero-order valence-corrected chi connectivity index (χ0v) is 34.6. The minimum Gasteiger partial charge on any atom is -0.493 e. The molecular weight excluding hydrogens is 781 g/mol. The SMILES string of the molecule is CCN(CC)c1ncnc2c(F)c(-c3c(F)cccc3OCCCCCCCCCN3CCC(c4cc(F)cc5c4CN(C4CCC(=O)NC4=O)C5=O)CC3)c(Cl)cc12. The number of halogens is 4. The first-order valence-corrected chi connectivity index (χ1v) is 21.5. The van der Waals surface area contributed by atoms with Crippen LogP contribution in [0.25, 0.3) is 22.0 Å². The molecule has 2 saturated heterocycles. The molecule has 2 fully saturated rings. The van der Waals surface area contributed by atoms with Gasteiger partial charge in [-0.2, -0.15) is 0 Å². The third-order valence-electron chi connectivity index (χ3n) is 12.1. The van der Waals surface area contributed by atoms with Gasteiger partial charge in [0, 0.05) is 42.6 Å². The number of rotatable bonds is 17. The summed E-state index contributed by atoms with van der Waals surface area (Å²) < 4.78 is 52.3. The number of hydrogen-bond donors (Lipinski definition) is 1. The number of carbonyl (C=O) groups is 3. The van der Waals surface area contributed by atoms with E-state index in [1.54, 1.807) is 24.3 Å². The number of nitrogens with zero attached hydrogens (tertiary/aromatic N) is 5. The van der Waals surface area contributed by atoms with Crippen molar-refractivity contribution in [2.45, 2.75) is 103 Å². The van der Waals surface area contributed by atoms with Crippen LogP contribution >= 0.6 is 11.6 Å². The summed E-state index contributed by atoms with van der Waals surface area (Å²) in [6, 6.07) is 8.18. The van der Waals surface area contributed by atoms with E-state index in [1.165, 1.54) is 23.4 Å².